The van der Waals surface area contributed by atoms with Gasteiger partial charge in [0, 0.05) is 5.69 Å². The Labute approximate surface area is 176 Å². The number of rotatable bonds is 4. The zero-order chi connectivity index (χ0) is 22.2. The number of nitrogens with zero attached hydrogens (tertiary/aromatic N) is 2. The van der Waals surface area contributed by atoms with E-state index in [2.05, 4.69) is 10.4 Å². The Hall–Kier alpha value is -3.14. The van der Waals surface area contributed by atoms with Gasteiger partial charge < -0.3 is 5.32 Å². The first-order valence-corrected chi connectivity index (χ1v) is 11.3. The van der Waals surface area contributed by atoms with Gasteiger partial charge in [-0.25, -0.2) is 8.42 Å². The molecule has 1 fully saturated rings. The Morgan fingerprint density at radius 1 is 1.06 bits per heavy atom. The van der Waals surface area contributed by atoms with Crippen molar-refractivity contribution in [1.82, 2.24) is 9.78 Å². The van der Waals surface area contributed by atoms with Crippen molar-refractivity contribution in [2.75, 3.05) is 16.8 Å². The molecule has 1 aromatic heterocycles. The Morgan fingerprint density at radius 2 is 1.74 bits per heavy atom. The summed E-state index contributed by atoms with van der Waals surface area (Å²) in [5.74, 6) is -0.607. The summed E-state index contributed by atoms with van der Waals surface area (Å²) in [4.78, 5) is 12.7. The second-order valence-electron chi connectivity index (χ2n) is 7.31. The van der Waals surface area contributed by atoms with E-state index in [0.717, 1.165) is 17.7 Å². The highest BCUT2D eigenvalue weighted by molar-refractivity contribution is 7.91. The van der Waals surface area contributed by atoms with Crippen LogP contribution in [0.1, 0.15) is 28.5 Å². The molecule has 1 aliphatic heterocycles. The quantitative estimate of drug-likeness (QED) is 0.648. The van der Waals surface area contributed by atoms with Crippen LogP contribution in [0.15, 0.2) is 60.7 Å². The molecule has 4 rings (SSSR count). The molecular weight excluding hydrogens is 431 g/mol. The van der Waals surface area contributed by atoms with Gasteiger partial charge in [-0.1, -0.05) is 30.3 Å². The lowest BCUT2D eigenvalue weighted by atomic mass is 10.1. The highest BCUT2D eigenvalue weighted by Gasteiger charge is 2.32. The molecule has 0 aliphatic carbocycles. The maximum atomic E-state index is 12.7. The number of benzene rings is 2. The maximum absolute atomic E-state index is 12.7. The van der Waals surface area contributed by atoms with Crippen LogP contribution in [0.3, 0.4) is 0 Å². The molecule has 1 saturated heterocycles. The summed E-state index contributed by atoms with van der Waals surface area (Å²) in [7, 11) is -3.17. The maximum Gasteiger partial charge on any atom is 0.416 e. The standard InChI is InChI=1S/C21H18F3N3O3S/c22-21(23,24)15-6-8-16(9-7-15)25-20(28)18-12-19(14-4-2-1-3-5-14)27(26-18)17-10-11-31(29,30)13-17/h1-9,12,17H,10-11,13H2,(H,25,28). The Morgan fingerprint density at radius 3 is 2.32 bits per heavy atom. The summed E-state index contributed by atoms with van der Waals surface area (Å²) < 4.78 is 63.6. The number of halogens is 3. The monoisotopic (exact) mass is 449 g/mol. The molecule has 1 atom stereocenters. The number of anilines is 1. The molecule has 1 aliphatic rings. The fraction of sp³-hybridized carbons (Fsp3) is 0.238. The Balaban J connectivity index is 1.63. The first kappa shape index (κ1) is 21.1. The van der Waals surface area contributed by atoms with Crippen LogP contribution in [-0.4, -0.2) is 35.6 Å². The molecule has 2 heterocycles. The fourth-order valence-electron chi connectivity index (χ4n) is 3.51. The number of hydrogen-bond donors (Lipinski definition) is 1. The molecule has 1 amide bonds. The molecule has 3 aromatic rings. The van der Waals surface area contributed by atoms with Crippen LogP contribution in [-0.2, 0) is 16.0 Å². The minimum absolute atomic E-state index is 0.0445. The van der Waals surface area contributed by atoms with Crippen molar-refractivity contribution in [2.45, 2.75) is 18.6 Å². The number of carbonyl (C=O) groups excluding carboxylic acids is 1. The molecule has 0 radical (unpaired) electrons. The molecular formula is C21H18F3N3O3S. The van der Waals surface area contributed by atoms with Gasteiger partial charge in [0.05, 0.1) is 28.8 Å². The van der Waals surface area contributed by atoms with Gasteiger partial charge in [-0.05, 0) is 42.3 Å². The zero-order valence-corrected chi connectivity index (χ0v) is 16.9. The summed E-state index contributed by atoms with van der Waals surface area (Å²) in [6.07, 6.45) is -4.07. The van der Waals surface area contributed by atoms with E-state index >= 15 is 0 Å². The normalized spacial score (nSPS) is 18.1. The second kappa shape index (κ2) is 7.84. The molecule has 0 spiro atoms. The van der Waals surface area contributed by atoms with Crippen molar-refractivity contribution in [1.29, 1.82) is 0 Å². The van der Waals surface area contributed by atoms with Gasteiger partial charge in [-0.2, -0.15) is 18.3 Å². The highest BCUT2D eigenvalue weighted by atomic mass is 32.2. The lowest BCUT2D eigenvalue weighted by Gasteiger charge is -2.13. The van der Waals surface area contributed by atoms with Gasteiger partial charge in [-0.3, -0.25) is 9.48 Å². The fourth-order valence-corrected chi connectivity index (χ4v) is 5.21. The van der Waals surface area contributed by atoms with Gasteiger partial charge in [0.1, 0.15) is 0 Å². The predicted octanol–water partition coefficient (Wildman–Crippen LogP) is 4.18. The van der Waals surface area contributed by atoms with Crippen molar-refractivity contribution in [3.05, 3.63) is 71.9 Å². The van der Waals surface area contributed by atoms with E-state index in [1.165, 1.54) is 12.1 Å². The van der Waals surface area contributed by atoms with Gasteiger partial charge in [0.2, 0.25) is 0 Å². The van der Waals surface area contributed by atoms with Crippen LogP contribution in [0, 0.1) is 0 Å². The molecule has 162 valence electrons. The average molecular weight is 449 g/mol. The Kier molecular flexibility index (Phi) is 5.34. The van der Waals surface area contributed by atoms with Crippen LogP contribution in [0.5, 0.6) is 0 Å². The minimum atomic E-state index is -4.46. The predicted molar refractivity (Wildman–Crippen MR) is 109 cm³/mol. The van der Waals surface area contributed by atoms with Gasteiger partial charge in [-0.15, -0.1) is 0 Å². The van der Waals surface area contributed by atoms with Gasteiger partial charge >= 0.3 is 6.18 Å². The van der Waals surface area contributed by atoms with E-state index in [-0.39, 0.29) is 22.9 Å². The third kappa shape index (κ3) is 4.63. The largest absolute Gasteiger partial charge is 0.416 e. The van der Waals surface area contributed by atoms with Crippen LogP contribution >= 0.6 is 0 Å². The number of alkyl halides is 3. The summed E-state index contributed by atoms with van der Waals surface area (Å²) >= 11 is 0. The molecule has 1 N–H and O–H groups in total. The van der Waals surface area contributed by atoms with Crippen molar-refractivity contribution in [2.24, 2.45) is 0 Å². The van der Waals surface area contributed by atoms with Crippen LogP contribution in [0.2, 0.25) is 0 Å². The van der Waals surface area contributed by atoms with Gasteiger partial charge in [0.25, 0.3) is 5.91 Å². The van der Waals surface area contributed by atoms with Crippen molar-refractivity contribution >= 4 is 21.4 Å². The first-order chi connectivity index (χ1) is 14.6. The number of nitrogens with one attached hydrogen (secondary N) is 1. The van der Waals surface area contributed by atoms with E-state index < -0.39 is 33.5 Å². The van der Waals surface area contributed by atoms with Crippen LogP contribution < -0.4 is 5.32 Å². The zero-order valence-electron chi connectivity index (χ0n) is 16.1. The van der Waals surface area contributed by atoms with E-state index in [1.54, 1.807) is 10.7 Å². The number of sulfone groups is 1. The highest BCUT2D eigenvalue weighted by Crippen LogP contribution is 2.31. The molecule has 31 heavy (non-hydrogen) atoms. The SMILES string of the molecule is O=C(Nc1ccc(C(F)(F)F)cc1)c1cc(-c2ccccc2)n(C2CCS(=O)(=O)C2)n1. The van der Waals surface area contributed by atoms with E-state index in [9.17, 15) is 26.4 Å². The summed E-state index contributed by atoms with van der Waals surface area (Å²) in [5.41, 5.74) is 0.789. The molecule has 2 aromatic carbocycles. The number of carbonyl (C=O) groups is 1. The smallest absolute Gasteiger partial charge is 0.321 e. The second-order valence-corrected chi connectivity index (χ2v) is 9.54. The third-order valence-electron chi connectivity index (χ3n) is 5.06. The average Bonchev–Trinajstić information content (AvgIpc) is 3.32. The summed E-state index contributed by atoms with van der Waals surface area (Å²) in [5, 5.41) is 6.88. The number of hydrogen-bond acceptors (Lipinski definition) is 4. The van der Waals surface area contributed by atoms with Crippen LogP contribution in [0.25, 0.3) is 11.3 Å². The van der Waals surface area contributed by atoms with E-state index in [4.69, 9.17) is 0 Å². The summed E-state index contributed by atoms with van der Waals surface area (Å²) in [6, 6.07) is 14.4. The lowest BCUT2D eigenvalue weighted by Crippen LogP contribution is -2.16. The topological polar surface area (TPSA) is 81.1 Å². The van der Waals surface area contributed by atoms with Crippen molar-refractivity contribution < 1.29 is 26.4 Å². The molecule has 6 nitrogen and oxygen atoms in total. The summed E-state index contributed by atoms with van der Waals surface area (Å²) in [6.45, 7) is 0. The van der Waals surface area contributed by atoms with Gasteiger partial charge in [0.15, 0.2) is 15.5 Å². The van der Waals surface area contributed by atoms with E-state index in [0.29, 0.717) is 12.1 Å². The molecule has 0 bridgehead atoms. The van der Waals surface area contributed by atoms with Crippen molar-refractivity contribution in [3.63, 3.8) is 0 Å². The van der Waals surface area contributed by atoms with E-state index in [1.807, 2.05) is 30.3 Å². The minimum Gasteiger partial charge on any atom is -0.321 e. The number of amides is 1. The number of aromatic nitrogens is 2. The van der Waals surface area contributed by atoms with Crippen LogP contribution in [0.4, 0.5) is 18.9 Å². The molecule has 10 heteroatoms. The molecule has 1 unspecified atom stereocenters. The Bertz CT molecular complexity index is 1200. The third-order valence-corrected chi connectivity index (χ3v) is 6.81. The van der Waals surface area contributed by atoms with Crippen molar-refractivity contribution in [3.8, 4) is 11.3 Å². The first-order valence-electron chi connectivity index (χ1n) is 9.46. The lowest BCUT2D eigenvalue weighted by molar-refractivity contribution is -0.137. The molecule has 0 saturated carbocycles.